The first-order valence-corrected chi connectivity index (χ1v) is 10.7. The zero-order chi connectivity index (χ0) is 19.9. The first-order valence-electron chi connectivity index (χ1n) is 9.90. The molecule has 0 radical (unpaired) electrons. The van der Waals surface area contributed by atoms with Crippen molar-refractivity contribution in [3.8, 4) is 10.4 Å². The Bertz CT molecular complexity index is 923. The number of unbranched alkanes of at least 4 members (excludes halogenated alkanes) is 2. The number of carbonyl (C=O) groups excluding carboxylic acids is 1. The van der Waals surface area contributed by atoms with Crippen LogP contribution in [0.5, 0.6) is 0 Å². The Hall–Kier alpha value is -2.47. The van der Waals surface area contributed by atoms with Gasteiger partial charge < -0.3 is 10.2 Å². The number of anilines is 1. The van der Waals surface area contributed by atoms with Gasteiger partial charge in [0.05, 0.1) is 5.39 Å². The van der Waals surface area contributed by atoms with Crippen LogP contribution >= 0.6 is 11.3 Å². The number of benzene rings is 1. The van der Waals surface area contributed by atoms with E-state index in [4.69, 9.17) is 0 Å². The monoisotopic (exact) mass is 396 g/mol. The average Bonchev–Trinajstić information content (AvgIpc) is 3.13. The minimum atomic E-state index is 0.0975. The number of aromatic nitrogens is 2. The molecule has 0 bridgehead atoms. The predicted molar refractivity (Wildman–Crippen MR) is 118 cm³/mol. The maximum Gasteiger partial charge on any atom is 0.221 e. The van der Waals surface area contributed by atoms with E-state index in [0.29, 0.717) is 13.0 Å². The van der Waals surface area contributed by atoms with Crippen molar-refractivity contribution < 1.29 is 4.79 Å². The Morgan fingerprint density at radius 3 is 2.71 bits per heavy atom. The molecule has 28 heavy (non-hydrogen) atoms. The molecule has 6 heteroatoms. The van der Waals surface area contributed by atoms with Crippen LogP contribution < -0.4 is 10.2 Å². The summed E-state index contributed by atoms with van der Waals surface area (Å²) in [6, 6.07) is 12.5. The molecule has 0 spiro atoms. The van der Waals surface area contributed by atoms with Crippen molar-refractivity contribution in [1.29, 1.82) is 0 Å². The molecule has 0 aliphatic rings. The van der Waals surface area contributed by atoms with Crippen molar-refractivity contribution in [2.75, 3.05) is 25.0 Å². The molecule has 0 aliphatic heterocycles. The largest absolute Gasteiger partial charge is 0.359 e. The maximum absolute atomic E-state index is 12.1. The lowest BCUT2D eigenvalue weighted by Crippen LogP contribution is -2.29. The van der Waals surface area contributed by atoms with Crippen LogP contribution in [0.15, 0.2) is 36.4 Å². The molecule has 0 atom stereocenters. The number of fused-ring (bicyclic) bond motifs is 1. The molecule has 1 aromatic carbocycles. The maximum atomic E-state index is 12.1. The fourth-order valence-corrected chi connectivity index (χ4v) is 4.19. The summed E-state index contributed by atoms with van der Waals surface area (Å²) in [5.41, 5.74) is 1.18. The lowest BCUT2D eigenvalue weighted by atomic mass is 10.2. The molecule has 3 rings (SSSR count). The van der Waals surface area contributed by atoms with E-state index < -0.39 is 0 Å². The van der Waals surface area contributed by atoms with Crippen LogP contribution in [0.3, 0.4) is 0 Å². The van der Waals surface area contributed by atoms with E-state index >= 15 is 0 Å². The fourth-order valence-electron chi connectivity index (χ4n) is 3.11. The zero-order valence-corrected chi connectivity index (χ0v) is 17.7. The van der Waals surface area contributed by atoms with Gasteiger partial charge in [0.1, 0.15) is 16.5 Å². The van der Waals surface area contributed by atoms with Crippen molar-refractivity contribution in [3.05, 3.63) is 42.2 Å². The van der Waals surface area contributed by atoms with Gasteiger partial charge in [0.2, 0.25) is 5.91 Å². The second-order valence-electron chi connectivity index (χ2n) is 7.02. The van der Waals surface area contributed by atoms with Gasteiger partial charge in [-0.3, -0.25) is 4.79 Å². The van der Waals surface area contributed by atoms with E-state index in [2.05, 4.69) is 45.3 Å². The number of nitrogens with zero attached hydrogens (tertiary/aromatic N) is 3. The third kappa shape index (κ3) is 5.07. The number of nitrogens with one attached hydrogen (secondary N) is 1. The van der Waals surface area contributed by atoms with Crippen molar-refractivity contribution in [2.24, 2.45) is 0 Å². The first kappa shape index (κ1) is 20.3. The van der Waals surface area contributed by atoms with Gasteiger partial charge in [-0.1, -0.05) is 50.1 Å². The molecular formula is C22H28N4OS. The Morgan fingerprint density at radius 1 is 1.18 bits per heavy atom. The highest BCUT2D eigenvalue weighted by Crippen LogP contribution is 2.36. The minimum Gasteiger partial charge on any atom is -0.359 e. The molecule has 1 amide bonds. The number of thiophene rings is 1. The van der Waals surface area contributed by atoms with E-state index in [1.165, 1.54) is 10.4 Å². The lowest BCUT2D eigenvalue weighted by Gasteiger charge is -2.19. The van der Waals surface area contributed by atoms with E-state index in [9.17, 15) is 4.79 Å². The van der Waals surface area contributed by atoms with Gasteiger partial charge >= 0.3 is 0 Å². The third-order valence-electron chi connectivity index (χ3n) is 4.68. The molecule has 0 saturated heterocycles. The summed E-state index contributed by atoms with van der Waals surface area (Å²) in [7, 11) is 1.99. The van der Waals surface area contributed by atoms with E-state index in [1.54, 1.807) is 11.3 Å². The molecule has 148 valence electrons. The van der Waals surface area contributed by atoms with Crippen LogP contribution in [-0.4, -0.2) is 36.0 Å². The Balaban J connectivity index is 1.73. The summed E-state index contributed by atoms with van der Waals surface area (Å²) >= 11 is 1.68. The van der Waals surface area contributed by atoms with Crippen LogP contribution in [0.2, 0.25) is 0 Å². The third-order valence-corrected chi connectivity index (χ3v) is 5.76. The topological polar surface area (TPSA) is 58.1 Å². The summed E-state index contributed by atoms with van der Waals surface area (Å²) in [6.07, 6.45) is 3.82. The van der Waals surface area contributed by atoms with Crippen LogP contribution in [-0.2, 0) is 4.79 Å². The van der Waals surface area contributed by atoms with Crippen molar-refractivity contribution in [2.45, 2.75) is 39.5 Å². The SMILES string of the molecule is CCCCCNC(=O)CCN(C)c1nc(C)nc2sc(-c3ccccc3)cc12. The van der Waals surface area contributed by atoms with Gasteiger partial charge in [-0.2, -0.15) is 0 Å². The molecule has 0 unspecified atom stereocenters. The number of hydrogen-bond donors (Lipinski definition) is 1. The van der Waals surface area contributed by atoms with Gasteiger partial charge in [-0.15, -0.1) is 11.3 Å². The predicted octanol–water partition coefficient (Wildman–Crippen LogP) is 4.80. The normalized spacial score (nSPS) is 11.0. The van der Waals surface area contributed by atoms with Gasteiger partial charge in [0, 0.05) is 31.4 Å². The number of aryl methyl sites for hydroxylation is 1. The van der Waals surface area contributed by atoms with Crippen LogP contribution in [0, 0.1) is 6.92 Å². The van der Waals surface area contributed by atoms with Crippen LogP contribution in [0.1, 0.15) is 38.4 Å². The highest BCUT2D eigenvalue weighted by molar-refractivity contribution is 7.21. The molecule has 5 nitrogen and oxygen atoms in total. The summed E-state index contributed by atoms with van der Waals surface area (Å²) in [4.78, 5) is 25.6. The van der Waals surface area contributed by atoms with E-state index in [0.717, 1.165) is 47.7 Å². The minimum absolute atomic E-state index is 0.0975. The van der Waals surface area contributed by atoms with E-state index in [1.807, 2.05) is 32.2 Å². The van der Waals surface area contributed by atoms with Crippen molar-refractivity contribution in [1.82, 2.24) is 15.3 Å². The molecule has 1 N–H and O–H groups in total. The van der Waals surface area contributed by atoms with E-state index in [-0.39, 0.29) is 5.91 Å². The molecule has 2 aromatic heterocycles. The van der Waals surface area contributed by atoms with Crippen LogP contribution in [0.25, 0.3) is 20.7 Å². The number of amides is 1. The Morgan fingerprint density at radius 2 is 1.96 bits per heavy atom. The van der Waals surface area contributed by atoms with Crippen molar-refractivity contribution >= 4 is 33.3 Å². The zero-order valence-electron chi connectivity index (χ0n) is 16.9. The summed E-state index contributed by atoms with van der Waals surface area (Å²) in [6.45, 7) is 5.47. The molecular weight excluding hydrogens is 368 g/mol. The van der Waals surface area contributed by atoms with Gasteiger partial charge in [0.25, 0.3) is 0 Å². The first-order chi connectivity index (χ1) is 13.6. The Kier molecular flexibility index (Phi) is 6.98. The van der Waals surface area contributed by atoms with Gasteiger partial charge in [0.15, 0.2) is 0 Å². The Labute approximate surface area is 170 Å². The highest BCUT2D eigenvalue weighted by Gasteiger charge is 2.15. The lowest BCUT2D eigenvalue weighted by molar-refractivity contribution is -0.120. The second kappa shape index (κ2) is 9.64. The van der Waals surface area contributed by atoms with Crippen LogP contribution in [0.4, 0.5) is 5.82 Å². The number of carbonyl (C=O) groups is 1. The fraction of sp³-hybridized carbons (Fsp3) is 0.409. The molecule has 3 aromatic rings. The second-order valence-corrected chi connectivity index (χ2v) is 8.05. The van der Waals surface area contributed by atoms with Crippen molar-refractivity contribution in [3.63, 3.8) is 0 Å². The number of rotatable bonds is 9. The van der Waals surface area contributed by atoms with Gasteiger partial charge in [-0.05, 0) is 25.0 Å². The molecule has 2 heterocycles. The smallest absolute Gasteiger partial charge is 0.221 e. The quantitative estimate of drug-likeness (QED) is 0.528. The summed E-state index contributed by atoms with van der Waals surface area (Å²) in [5.74, 6) is 1.74. The molecule has 0 fully saturated rings. The number of hydrogen-bond acceptors (Lipinski definition) is 5. The highest BCUT2D eigenvalue weighted by atomic mass is 32.1. The standard InChI is InChI=1S/C22H28N4OS/c1-4-5-9-13-23-20(27)12-14-26(3)21-18-15-19(17-10-7-6-8-11-17)28-22(18)25-16(2)24-21/h6-8,10-11,15H,4-5,9,12-14H2,1-3H3,(H,23,27). The van der Waals surface area contributed by atoms with Gasteiger partial charge in [-0.25, -0.2) is 9.97 Å². The molecule has 0 aliphatic carbocycles. The summed E-state index contributed by atoms with van der Waals surface area (Å²) in [5, 5.41) is 4.04. The average molecular weight is 397 g/mol. The summed E-state index contributed by atoms with van der Waals surface area (Å²) < 4.78 is 0. The molecule has 0 saturated carbocycles.